The molecule has 3 nitrogen and oxygen atoms in total. The van der Waals surface area contributed by atoms with E-state index in [1.165, 1.54) is 0 Å². The second kappa shape index (κ2) is 6.66. The molecule has 2 aromatic rings. The lowest BCUT2D eigenvalue weighted by Gasteiger charge is -2.04. The third-order valence-electron chi connectivity index (χ3n) is 3.06. The van der Waals surface area contributed by atoms with Crippen LogP contribution in [-0.4, -0.2) is 19.3 Å². The van der Waals surface area contributed by atoms with Gasteiger partial charge in [-0.2, -0.15) is 0 Å². The summed E-state index contributed by atoms with van der Waals surface area (Å²) in [6.07, 6.45) is 4.70. The summed E-state index contributed by atoms with van der Waals surface area (Å²) in [6, 6.07) is 13.2. The summed E-state index contributed by atoms with van der Waals surface area (Å²) in [5.41, 5.74) is 1.97. The highest BCUT2D eigenvalue weighted by Crippen LogP contribution is 2.24. The molecule has 0 bridgehead atoms. The number of phenolic OH excluding ortho intramolecular Hbond substituents is 1. The summed E-state index contributed by atoms with van der Waals surface area (Å²) in [6.45, 7) is 0. The molecule has 0 saturated carbocycles. The second-order valence-electron chi connectivity index (χ2n) is 4.37. The number of hydrogen-bond donors (Lipinski definition) is 1. The van der Waals surface area contributed by atoms with Crippen LogP contribution >= 0.6 is 0 Å². The molecule has 104 valence electrons. The highest BCUT2D eigenvalue weighted by Gasteiger charge is 2.01. The maximum absolute atomic E-state index is 9.86. The molecule has 1 N–H and O–H groups in total. The van der Waals surface area contributed by atoms with Gasteiger partial charge in [0, 0.05) is 6.07 Å². The molecule has 0 aliphatic heterocycles. The monoisotopic (exact) mass is 270 g/mol. The molecular weight excluding hydrogens is 252 g/mol. The molecule has 3 heteroatoms. The quantitative estimate of drug-likeness (QED) is 0.901. The molecule has 20 heavy (non-hydrogen) atoms. The Bertz CT molecular complexity index is 586. The molecule has 0 unspecified atom stereocenters. The standard InChI is InChI=1S/C17H18O3/c1-19-15-9-6-13(7-10-15)4-3-5-14-8-11-16(20-2)12-17(14)18/h3-4,6-12,18H,5H2,1-2H3/b4-3+. The van der Waals surface area contributed by atoms with Crippen molar-refractivity contribution < 1.29 is 14.6 Å². The van der Waals surface area contributed by atoms with Gasteiger partial charge in [-0.3, -0.25) is 0 Å². The first kappa shape index (κ1) is 14.0. The van der Waals surface area contributed by atoms with Gasteiger partial charge >= 0.3 is 0 Å². The van der Waals surface area contributed by atoms with Crippen molar-refractivity contribution in [3.05, 3.63) is 59.7 Å². The lowest BCUT2D eigenvalue weighted by Crippen LogP contribution is -1.86. The van der Waals surface area contributed by atoms with Crippen LogP contribution in [0.2, 0.25) is 0 Å². The highest BCUT2D eigenvalue weighted by molar-refractivity contribution is 5.52. The zero-order chi connectivity index (χ0) is 14.4. The topological polar surface area (TPSA) is 38.7 Å². The molecule has 0 atom stereocenters. The van der Waals surface area contributed by atoms with Gasteiger partial charge in [0.05, 0.1) is 14.2 Å². The molecule has 0 aliphatic carbocycles. The Balaban J connectivity index is 2.02. The Hall–Kier alpha value is -2.42. The summed E-state index contributed by atoms with van der Waals surface area (Å²) in [7, 11) is 3.23. The zero-order valence-corrected chi connectivity index (χ0v) is 11.7. The molecular formula is C17H18O3. The van der Waals surface area contributed by atoms with E-state index in [9.17, 15) is 5.11 Å². The van der Waals surface area contributed by atoms with Gasteiger partial charge in [-0.15, -0.1) is 0 Å². The number of ether oxygens (including phenoxy) is 2. The van der Waals surface area contributed by atoms with Crippen LogP contribution in [0.1, 0.15) is 11.1 Å². The normalized spacial score (nSPS) is 10.7. The van der Waals surface area contributed by atoms with Crippen LogP contribution in [0.25, 0.3) is 6.08 Å². The van der Waals surface area contributed by atoms with E-state index >= 15 is 0 Å². The van der Waals surface area contributed by atoms with E-state index < -0.39 is 0 Å². The van der Waals surface area contributed by atoms with Gasteiger partial charge < -0.3 is 14.6 Å². The predicted octanol–water partition coefficient (Wildman–Crippen LogP) is 3.67. The molecule has 0 aliphatic rings. The van der Waals surface area contributed by atoms with E-state index in [0.717, 1.165) is 16.9 Å². The van der Waals surface area contributed by atoms with E-state index in [1.54, 1.807) is 20.3 Å². The largest absolute Gasteiger partial charge is 0.508 e. The van der Waals surface area contributed by atoms with Gasteiger partial charge in [0.25, 0.3) is 0 Å². The van der Waals surface area contributed by atoms with Crippen molar-refractivity contribution in [2.45, 2.75) is 6.42 Å². The minimum absolute atomic E-state index is 0.253. The Morgan fingerprint density at radius 2 is 1.60 bits per heavy atom. The van der Waals surface area contributed by atoms with Crippen molar-refractivity contribution in [3.63, 3.8) is 0 Å². The Kier molecular flexibility index (Phi) is 4.66. The summed E-state index contributed by atoms with van der Waals surface area (Å²) < 4.78 is 10.2. The average molecular weight is 270 g/mol. The van der Waals surface area contributed by atoms with E-state index in [2.05, 4.69) is 0 Å². The number of benzene rings is 2. The van der Waals surface area contributed by atoms with E-state index in [-0.39, 0.29) is 5.75 Å². The lowest BCUT2D eigenvalue weighted by molar-refractivity contribution is 0.406. The number of phenols is 1. The van der Waals surface area contributed by atoms with Crippen molar-refractivity contribution in [2.75, 3.05) is 14.2 Å². The number of methoxy groups -OCH3 is 2. The van der Waals surface area contributed by atoms with Gasteiger partial charge in [0.2, 0.25) is 0 Å². The SMILES string of the molecule is COc1ccc(/C=C/Cc2ccc(OC)cc2O)cc1. The van der Waals surface area contributed by atoms with Crippen molar-refractivity contribution in [1.82, 2.24) is 0 Å². The summed E-state index contributed by atoms with van der Waals surface area (Å²) >= 11 is 0. The van der Waals surface area contributed by atoms with Crippen molar-refractivity contribution in [1.29, 1.82) is 0 Å². The van der Waals surface area contributed by atoms with E-state index in [0.29, 0.717) is 12.2 Å². The Labute approximate surface area is 119 Å². The first-order valence-corrected chi connectivity index (χ1v) is 6.39. The number of rotatable bonds is 5. The molecule has 0 saturated heterocycles. The Morgan fingerprint density at radius 1 is 0.950 bits per heavy atom. The Morgan fingerprint density at radius 3 is 2.20 bits per heavy atom. The summed E-state index contributed by atoms with van der Waals surface area (Å²) in [5.74, 6) is 1.75. The maximum Gasteiger partial charge on any atom is 0.122 e. The van der Waals surface area contributed by atoms with Crippen molar-refractivity contribution in [3.8, 4) is 17.2 Å². The average Bonchev–Trinajstić information content (AvgIpc) is 2.49. The van der Waals surface area contributed by atoms with Gasteiger partial charge in [-0.1, -0.05) is 30.4 Å². The van der Waals surface area contributed by atoms with Crippen LogP contribution in [0.15, 0.2) is 48.5 Å². The molecule has 2 aromatic carbocycles. The molecule has 2 rings (SSSR count). The predicted molar refractivity (Wildman–Crippen MR) is 80.4 cm³/mol. The van der Waals surface area contributed by atoms with Gasteiger partial charge in [0.15, 0.2) is 0 Å². The maximum atomic E-state index is 9.86. The summed E-state index contributed by atoms with van der Waals surface area (Å²) in [5, 5.41) is 9.86. The van der Waals surface area contributed by atoms with Crippen LogP contribution < -0.4 is 9.47 Å². The van der Waals surface area contributed by atoms with Crippen LogP contribution in [0.5, 0.6) is 17.2 Å². The lowest BCUT2D eigenvalue weighted by atomic mass is 10.1. The first-order valence-electron chi connectivity index (χ1n) is 6.39. The van der Waals surface area contributed by atoms with Crippen LogP contribution in [0, 0.1) is 0 Å². The molecule has 0 fully saturated rings. The fraction of sp³-hybridized carbons (Fsp3) is 0.176. The smallest absolute Gasteiger partial charge is 0.122 e. The van der Waals surface area contributed by atoms with E-state index in [4.69, 9.17) is 9.47 Å². The molecule has 0 spiro atoms. The van der Waals surface area contributed by atoms with Gasteiger partial charge in [-0.25, -0.2) is 0 Å². The van der Waals surface area contributed by atoms with Gasteiger partial charge in [0.1, 0.15) is 17.2 Å². The first-order chi connectivity index (χ1) is 9.72. The van der Waals surface area contributed by atoms with Crippen LogP contribution in [0.3, 0.4) is 0 Å². The fourth-order valence-electron chi connectivity index (χ4n) is 1.88. The van der Waals surface area contributed by atoms with Crippen LogP contribution in [-0.2, 0) is 6.42 Å². The van der Waals surface area contributed by atoms with E-state index in [1.807, 2.05) is 48.6 Å². The fourth-order valence-corrected chi connectivity index (χ4v) is 1.88. The minimum atomic E-state index is 0.253. The number of hydrogen-bond acceptors (Lipinski definition) is 3. The molecule has 0 radical (unpaired) electrons. The minimum Gasteiger partial charge on any atom is -0.508 e. The van der Waals surface area contributed by atoms with Crippen molar-refractivity contribution in [2.24, 2.45) is 0 Å². The van der Waals surface area contributed by atoms with Crippen molar-refractivity contribution >= 4 is 6.08 Å². The highest BCUT2D eigenvalue weighted by atomic mass is 16.5. The number of allylic oxidation sites excluding steroid dienone is 1. The molecule has 0 aromatic heterocycles. The zero-order valence-electron chi connectivity index (χ0n) is 11.7. The summed E-state index contributed by atoms with van der Waals surface area (Å²) in [4.78, 5) is 0. The molecule has 0 amide bonds. The van der Waals surface area contributed by atoms with Gasteiger partial charge in [-0.05, 0) is 35.7 Å². The third-order valence-corrected chi connectivity index (χ3v) is 3.06. The second-order valence-corrected chi connectivity index (χ2v) is 4.37. The van der Waals surface area contributed by atoms with Crippen LogP contribution in [0.4, 0.5) is 0 Å². The number of aromatic hydroxyl groups is 1. The third kappa shape index (κ3) is 3.54. The molecule has 0 heterocycles.